The molecule has 9 nitrogen and oxygen atoms in total. The molecule has 0 bridgehead atoms. The molecule has 0 fully saturated rings. The van der Waals surface area contributed by atoms with Gasteiger partial charge in [0, 0.05) is 0 Å². The lowest BCUT2D eigenvalue weighted by molar-refractivity contribution is -0.140. The molecule has 140 valence electrons. The van der Waals surface area contributed by atoms with Crippen molar-refractivity contribution >= 4 is 23.6 Å². The summed E-state index contributed by atoms with van der Waals surface area (Å²) in [6.07, 6.45) is 0. The quantitative estimate of drug-likeness (QED) is 0.556. The summed E-state index contributed by atoms with van der Waals surface area (Å²) in [6.45, 7) is -0.210. The summed E-state index contributed by atoms with van der Waals surface area (Å²) in [5.74, 6) is -1.72. The Balaban J connectivity index is 2.66. The number of esters is 3. The topological polar surface area (TPSA) is 101 Å². The van der Waals surface area contributed by atoms with Gasteiger partial charge in [-0.1, -0.05) is 0 Å². The zero-order valence-corrected chi connectivity index (χ0v) is 14.9. The van der Waals surface area contributed by atoms with Crippen molar-refractivity contribution in [3.63, 3.8) is 0 Å². The molecule has 1 aliphatic heterocycles. The zero-order chi connectivity index (χ0) is 19.3. The van der Waals surface area contributed by atoms with Gasteiger partial charge in [0.25, 0.3) is 0 Å². The second kappa shape index (κ2) is 8.34. The number of carbonyl (C=O) groups excluding carboxylic acids is 3. The van der Waals surface area contributed by atoms with Crippen LogP contribution in [0.1, 0.15) is 10.4 Å². The van der Waals surface area contributed by atoms with Gasteiger partial charge in [0.1, 0.15) is 18.2 Å². The number of carbonyl (C=O) groups is 3. The summed E-state index contributed by atoms with van der Waals surface area (Å²) in [7, 11) is 5.06. The summed E-state index contributed by atoms with van der Waals surface area (Å²) in [5, 5.41) is 0. The van der Waals surface area contributed by atoms with Gasteiger partial charge in [-0.05, 0) is 18.2 Å². The van der Waals surface area contributed by atoms with Gasteiger partial charge in [-0.2, -0.15) is 0 Å². The number of hydrogen-bond donors (Lipinski definition) is 0. The minimum atomic E-state index is -0.764. The van der Waals surface area contributed by atoms with Gasteiger partial charge in [0.15, 0.2) is 0 Å². The van der Waals surface area contributed by atoms with Gasteiger partial charge in [0.05, 0.1) is 51.9 Å². The maximum absolute atomic E-state index is 12.3. The van der Waals surface area contributed by atoms with E-state index in [0.29, 0.717) is 11.4 Å². The zero-order valence-electron chi connectivity index (χ0n) is 14.9. The normalized spacial score (nSPS) is 13.9. The Morgan fingerprint density at radius 3 is 2.19 bits per heavy atom. The van der Waals surface area contributed by atoms with Crippen LogP contribution >= 0.6 is 0 Å². The van der Waals surface area contributed by atoms with Crippen molar-refractivity contribution < 1.29 is 38.1 Å². The lowest BCUT2D eigenvalue weighted by Crippen LogP contribution is -2.39. The first-order valence-electron chi connectivity index (χ1n) is 7.49. The van der Waals surface area contributed by atoms with Gasteiger partial charge in [-0.3, -0.25) is 0 Å². The molecule has 9 heteroatoms. The molecule has 26 heavy (non-hydrogen) atoms. The SMILES string of the molecule is COC(=O)C1=C(C(=O)OC)N(c2ccc(OC)cc2C(=O)OC)COC1. The average molecular weight is 365 g/mol. The Bertz CT molecular complexity index is 755. The molecule has 0 radical (unpaired) electrons. The molecule has 2 rings (SSSR count). The van der Waals surface area contributed by atoms with E-state index >= 15 is 0 Å². The maximum atomic E-state index is 12.3. The summed E-state index contributed by atoms with van der Waals surface area (Å²) in [6, 6.07) is 4.61. The Morgan fingerprint density at radius 2 is 1.62 bits per heavy atom. The van der Waals surface area contributed by atoms with E-state index < -0.39 is 17.9 Å². The molecule has 1 aromatic carbocycles. The van der Waals surface area contributed by atoms with Crippen molar-refractivity contribution in [2.75, 3.05) is 46.7 Å². The highest BCUT2D eigenvalue weighted by molar-refractivity contribution is 6.05. The van der Waals surface area contributed by atoms with E-state index in [-0.39, 0.29) is 30.2 Å². The second-order valence-corrected chi connectivity index (χ2v) is 5.09. The molecule has 0 atom stereocenters. The van der Waals surface area contributed by atoms with Crippen molar-refractivity contribution in [1.29, 1.82) is 0 Å². The number of methoxy groups -OCH3 is 4. The molecule has 1 aliphatic rings. The number of nitrogens with zero attached hydrogens (tertiary/aromatic N) is 1. The van der Waals surface area contributed by atoms with Gasteiger partial charge in [-0.15, -0.1) is 0 Å². The molecule has 0 aliphatic carbocycles. The summed E-state index contributed by atoms with van der Waals surface area (Å²) in [4.78, 5) is 37.9. The van der Waals surface area contributed by atoms with E-state index in [1.807, 2.05) is 0 Å². The molecule has 0 amide bonds. The smallest absolute Gasteiger partial charge is 0.355 e. The number of rotatable bonds is 5. The first-order chi connectivity index (χ1) is 12.5. The Labute approximate surface area is 150 Å². The second-order valence-electron chi connectivity index (χ2n) is 5.09. The number of ether oxygens (including phenoxy) is 5. The van der Waals surface area contributed by atoms with Crippen LogP contribution in [0.15, 0.2) is 29.5 Å². The fourth-order valence-electron chi connectivity index (χ4n) is 2.48. The first-order valence-corrected chi connectivity index (χ1v) is 7.49. The number of benzene rings is 1. The van der Waals surface area contributed by atoms with Gasteiger partial charge < -0.3 is 28.6 Å². The summed E-state index contributed by atoms with van der Waals surface area (Å²) in [5.41, 5.74) is 0.334. The standard InChI is InChI=1S/C17H19NO8/c1-22-10-5-6-13(11(7-10)15(19)23-2)18-9-26-8-12(16(20)24-3)14(18)17(21)25-4/h5-7H,8-9H2,1-4H3. The van der Waals surface area contributed by atoms with E-state index in [1.54, 1.807) is 12.1 Å². The van der Waals surface area contributed by atoms with E-state index in [4.69, 9.17) is 23.7 Å². The maximum Gasteiger partial charge on any atom is 0.355 e. The van der Waals surface area contributed by atoms with Crippen LogP contribution in [0.5, 0.6) is 5.75 Å². The van der Waals surface area contributed by atoms with Crippen LogP contribution in [0.4, 0.5) is 5.69 Å². The van der Waals surface area contributed by atoms with E-state index in [0.717, 1.165) is 0 Å². The minimum absolute atomic E-state index is 0.0165. The van der Waals surface area contributed by atoms with Gasteiger partial charge in [0.2, 0.25) is 0 Å². The molecule has 0 N–H and O–H groups in total. The molecule has 0 saturated carbocycles. The third-order valence-electron chi connectivity index (χ3n) is 3.73. The van der Waals surface area contributed by atoms with Crippen LogP contribution in [0, 0.1) is 0 Å². The highest BCUT2D eigenvalue weighted by Gasteiger charge is 2.34. The third kappa shape index (κ3) is 3.62. The highest BCUT2D eigenvalue weighted by Crippen LogP contribution is 2.32. The van der Waals surface area contributed by atoms with Crippen LogP contribution in [-0.4, -0.2) is 59.7 Å². The highest BCUT2D eigenvalue weighted by atomic mass is 16.5. The number of anilines is 1. The predicted octanol–water partition coefficient (Wildman–Crippen LogP) is 0.876. The molecule has 0 unspecified atom stereocenters. The molecular formula is C17H19NO8. The largest absolute Gasteiger partial charge is 0.497 e. The molecule has 0 saturated heterocycles. The van der Waals surface area contributed by atoms with Crippen LogP contribution in [0.25, 0.3) is 0 Å². The van der Waals surface area contributed by atoms with Crippen molar-refractivity contribution in [2.24, 2.45) is 0 Å². The molecular weight excluding hydrogens is 346 g/mol. The van der Waals surface area contributed by atoms with Crippen LogP contribution < -0.4 is 9.64 Å². The van der Waals surface area contributed by atoms with Crippen LogP contribution in [0.3, 0.4) is 0 Å². The van der Waals surface area contributed by atoms with Crippen molar-refractivity contribution in [3.05, 3.63) is 35.0 Å². The summed E-state index contributed by atoms with van der Waals surface area (Å²) < 4.78 is 24.8. The average Bonchev–Trinajstić information content (AvgIpc) is 2.70. The molecule has 1 aromatic rings. The Hall–Kier alpha value is -3.07. The van der Waals surface area contributed by atoms with E-state index in [1.165, 1.54) is 39.4 Å². The summed E-state index contributed by atoms with van der Waals surface area (Å²) >= 11 is 0. The van der Waals surface area contributed by atoms with Crippen molar-refractivity contribution in [3.8, 4) is 5.75 Å². The van der Waals surface area contributed by atoms with Crippen LogP contribution in [-0.2, 0) is 28.5 Å². The molecule has 0 spiro atoms. The van der Waals surface area contributed by atoms with E-state index in [2.05, 4.69) is 0 Å². The minimum Gasteiger partial charge on any atom is -0.497 e. The lowest BCUT2D eigenvalue weighted by Gasteiger charge is -2.32. The van der Waals surface area contributed by atoms with Crippen molar-refractivity contribution in [2.45, 2.75) is 0 Å². The Kier molecular flexibility index (Phi) is 6.18. The van der Waals surface area contributed by atoms with Crippen molar-refractivity contribution in [1.82, 2.24) is 0 Å². The third-order valence-corrected chi connectivity index (χ3v) is 3.73. The van der Waals surface area contributed by atoms with Gasteiger partial charge >= 0.3 is 17.9 Å². The predicted molar refractivity (Wildman–Crippen MR) is 88.7 cm³/mol. The fraction of sp³-hybridized carbons (Fsp3) is 0.353. The van der Waals surface area contributed by atoms with E-state index in [9.17, 15) is 14.4 Å². The first kappa shape index (κ1) is 19.3. The number of hydrogen-bond acceptors (Lipinski definition) is 9. The lowest BCUT2D eigenvalue weighted by atomic mass is 10.1. The van der Waals surface area contributed by atoms with Gasteiger partial charge in [-0.25, -0.2) is 14.4 Å². The molecule has 0 aromatic heterocycles. The van der Waals surface area contributed by atoms with Crippen LogP contribution in [0.2, 0.25) is 0 Å². The molecule has 1 heterocycles. The fourth-order valence-corrected chi connectivity index (χ4v) is 2.48. The monoisotopic (exact) mass is 365 g/mol. The Morgan fingerprint density at radius 1 is 0.962 bits per heavy atom.